The molecule has 18 heavy (non-hydrogen) atoms. The fourth-order valence-electron chi connectivity index (χ4n) is 2.08. The monoisotopic (exact) mass is 254 g/mol. The number of rotatable bonds is 6. The molecule has 0 aliphatic carbocycles. The second kappa shape index (κ2) is 6.76. The summed E-state index contributed by atoms with van der Waals surface area (Å²) in [6, 6.07) is -0.676. The topological polar surface area (TPSA) is 58.2 Å². The van der Waals surface area contributed by atoms with Crippen molar-refractivity contribution in [2.45, 2.75) is 65.5 Å². The van der Waals surface area contributed by atoms with Crippen LogP contribution in [0.5, 0.6) is 0 Å². The van der Waals surface area contributed by atoms with Gasteiger partial charge in [0.15, 0.2) is 0 Å². The Labute approximate surface area is 110 Å². The molecular weight excluding hydrogens is 228 g/mol. The minimum atomic E-state index is -0.338. The van der Waals surface area contributed by atoms with Gasteiger partial charge in [0.25, 0.3) is 0 Å². The van der Waals surface area contributed by atoms with Crippen molar-refractivity contribution >= 4 is 11.8 Å². The molecule has 0 aromatic rings. The molecule has 4 heteroatoms. The lowest BCUT2D eigenvalue weighted by Gasteiger charge is -2.30. The van der Waals surface area contributed by atoms with E-state index in [-0.39, 0.29) is 23.9 Å². The number of carbonyl (C=O) groups is 2. The molecule has 0 aromatic heterocycles. The van der Waals surface area contributed by atoms with Gasteiger partial charge in [-0.25, -0.2) is 0 Å². The molecule has 1 aliphatic heterocycles. The highest BCUT2D eigenvalue weighted by molar-refractivity contribution is 5.96. The standard InChI is InChI=1S/C14H26N2O2/c1-9(2)5-7-11-13(17)16-12(14(18)15-11)8-6-10(3)4/h9-12H,5-8H2,1-4H3,(H,15,18)(H,16,17)/t11-,12-/m0/s1. The first kappa shape index (κ1) is 15.0. The third-order valence-corrected chi connectivity index (χ3v) is 3.33. The van der Waals surface area contributed by atoms with Crippen LogP contribution in [0.4, 0.5) is 0 Å². The van der Waals surface area contributed by atoms with Crippen LogP contribution in [0.25, 0.3) is 0 Å². The summed E-state index contributed by atoms with van der Waals surface area (Å²) < 4.78 is 0. The third kappa shape index (κ3) is 4.67. The lowest BCUT2D eigenvalue weighted by Crippen LogP contribution is -2.61. The minimum Gasteiger partial charge on any atom is -0.343 e. The molecule has 0 bridgehead atoms. The zero-order valence-electron chi connectivity index (χ0n) is 12.0. The first-order valence-electron chi connectivity index (χ1n) is 7.01. The first-order chi connectivity index (χ1) is 8.40. The molecule has 0 aromatic carbocycles. The molecule has 1 heterocycles. The molecule has 0 radical (unpaired) electrons. The molecular formula is C14H26N2O2. The van der Waals surface area contributed by atoms with E-state index >= 15 is 0 Å². The van der Waals surface area contributed by atoms with Crippen molar-refractivity contribution < 1.29 is 9.59 Å². The van der Waals surface area contributed by atoms with E-state index in [4.69, 9.17) is 0 Å². The van der Waals surface area contributed by atoms with Crippen LogP contribution < -0.4 is 10.6 Å². The molecule has 1 fully saturated rings. The molecule has 104 valence electrons. The third-order valence-electron chi connectivity index (χ3n) is 3.33. The maximum Gasteiger partial charge on any atom is 0.243 e. The van der Waals surface area contributed by atoms with E-state index < -0.39 is 0 Å². The van der Waals surface area contributed by atoms with Gasteiger partial charge >= 0.3 is 0 Å². The summed E-state index contributed by atoms with van der Waals surface area (Å²) in [6.07, 6.45) is 3.36. The van der Waals surface area contributed by atoms with Crippen LogP contribution in [0.15, 0.2) is 0 Å². The number of carbonyl (C=O) groups excluding carboxylic acids is 2. The van der Waals surface area contributed by atoms with Crippen LogP contribution in [0.1, 0.15) is 53.4 Å². The predicted octanol–water partition coefficient (Wildman–Crippen LogP) is 1.84. The van der Waals surface area contributed by atoms with E-state index in [0.717, 1.165) is 25.7 Å². The van der Waals surface area contributed by atoms with Crippen LogP contribution >= 0.6 is 0 Å². The van der Waals surface area contributed by atoms with Crippen molar-refractivity contribution in [1.29, 1.82) is 0 Å². The molecule has 2 N–H and O–H groups in total. The summed E-state index contributed by atoms with van der Waals surface area (Å²) in [7, 11) is 0. The van der Waals surface area contributed by atoms with E-state index in [1.54, 1.807) is 0 Å². The van der Waals surface area contributed by atoms with Gasteiger partial charge < -0.3 is 10.6 Å². The second-order valence-electron chi connectivity index (χ2n) is 6.06. The van der Waals surface area contributed by atoms with E-state index in [1.807, 2.05) is 0 Å². The lowest BCUT2D eigenvalue weighted by molar-refractivity contribution is -0.137. The van der Waals surface area contributed by atoms with Crippen LogP contribution in [-0.4, -0.2) is 23.9 Å². The second-order valence-corrected chi connectivity index (χ2v) is 6.06. The van der Waals surface area contributed by atoms with Crippen molar-refractivity contribution in [3.63, 3.8) is 0 Å². The molecule has 2 amide bonds. The van der Waals surface area contributed by atoms with Crippen molar-refractivity contribution in [2.75, 3.05) is 0 Å². The maximum absolute atomic E-state index is 11.9. The zero-order valence-corrected chi connectivity index (χ0v) is 12.0. The highest BCUT2D eigenvalue weighted by atomic mass is 16.2. The van der Waals surface area contributed by atoms with Gasteiger partial charge in [-0.1, -0.05) is 27.7 Å². The Kier molecular flexibility index (Phi) is 5.63. The summed E-state index contributed by atoms with van der Waals surface area (Å²) in [5.41, 5.74) is 0. The molecule has 1 saturated heterocycles. The fourth-order valence-corrected chi connectivity index (χ4v) is 2.08. The van der Waals surface area contributed by atoms with Gasteiger partial charge in [0.2, 0.25) is 11.8 Å². The summed E-state index contributed by atoms with van der Waals surface area (Å²) in [4.78, 5) is 23.8. The highest BCUT2D eigenvalue weighted by Crippen LogP contribution is 2.13. The van der Waals surface area contributed by atoms with Crippen LogP contribution in [-0.2, 0) is 9.59 Å². The predicted molar refractivity (Wildman–Crippen MR) is 72.0 cm³/mol. The summed E-state index contributed by atoms with van der Waals surface area (Å²) in [5.74, 6) is 1.05. The Balaban J connectivity index is 2.44. The molecule has 0 spiro atoms. The quantitative estimate of drug-likeness (QED) is 0.760. The van der Waals surface area contributed by atoms with Gasteiger partial charge in [0, 0.05) is 0 Å². The maximum atomic E-state index is 11.9. The van der Waals surface area contributed by atoms with E-state index in [9.17, 15) is 9.59 Å². The fraction of sp³-hybridized carbons (Fsp3) is 0.857. The van der Waals surface area contributed by atoms with Crippen LogP contribution in [0, 0.1) is 11.8 Å². The Morgan fingerprint density at radius 2 is 1.17 bits per heavy atom. The van der Waals surface area contributed by atoms with Gasteiger partial charge in [-0.05, 0) is 37.5 Å². The summed E-state index contributed by atoms with van der Waals surface area (Å²) >= 11 is 0. The van der Waals surface area contributed by atoms with Gasteiger partial charge in [-0.2, -0.15) is 0 Å². The number of nitrogens with one attached hydrogen (secondary N) is 2. The van der Waals surface area contributed by atoms with Crippen molar-refractivity contribution in [2.24, 2.45) is 11.8 Å². The largest absolute Gasteiger partial charge is 0.343 e. The van der Waals surface area contributed by atoms with Crippen molar-refractivity contribution in [3.05, 3.63) is 0 Å². The van der Waals surface area contributed by atoms with E-state index in [1.165, 1.54) is 0 Å². The Morgan fingerprint density at radius 3 is 1.44 bits per heavy atom. The lowest BCUT2D eigenvalue weighted by atomic mass is 9.97. The molecule has 0 unspecified atom stereocenters. The van der Waals surface area contributed by atoms with Gasteiger partial charge in [-0.15, -0.1) is 0 Å². The molecule has 1 rings (SSSR count). The summed E-state index contributed by atoms with van der Waals surface area (Å²) in [6.45, 7) is 8.48. The van der Waals surface area contributed by atoms with E-state index in [2.05, 4.69) is 38.3 Å². The van der Waals surface area contributed by atoms with Gasteiger partial charge in [-0.3, -0.25) is 9.59 Å². The smallest absolute Gasteiger partial charge is 0.243 e. The Morgan fingerprint density at radius 1 is 0.833 bits per heavy atom. The Bertz CT molecular complexity index is 270. The highest BCUT2D eigenvalue weighted by Gasteiger charge is 2.32. The first-order valence-corrected chi connectivity index (χ1v) is 7.01. The van der Waals surface area contributed by atoms with Gasteiger partial charge in [0.05, 0.1) is 0 Å². The van der Waals surface area contributed by atoms with Crippen molar-refractivity contribution in [1.82, 2.24) is 10.6 Å². The molecule has 4 nitrogen and oxygen atoms in total. The molecule has 1 aliphatic rings. The normalized spacial score (nSPS) is 24.3. The average molecular weight is 254 g/mol. The molecule has 2 atom stereocenters. The van der Waals surface area contributed by atoms with Gasteiger partial charge in [0.1, 0.15) is 12.1 Å². The SMILES string of the molecule is CC(C)CC[C@@H]1NC(=O)[C@H](CCC(C)C)NC1=O. The number of piperazine rings is 1. The van der Waals surface area contributed by atoms with E-state index in [0.29, 0.717) is 11.8 Å². The van der Waals surface area contributed by atoms with Crippen LogP contribution in [0.3, 0.4) is 0 Å². The van der Waals surface area contributed by atoms with Crippen molar-refractivity contribution in [3.8, 4) is 0 Å². The average Bonchev–Trinajstić information content (AvgIpc) is 2.27. The van der Waals surface area contributed by atoms with Crippen LogP contribution in [0.2, 0.25) is 0 Å². The summed E-state index contributed by atoms with van der Waals surface area (Å²) in [5, 5.41) is 5.69. The minimum absolute atomic E-state index is 0.0241. The molecule has 0 saturated carbocycles. The zero-order chi connectivity index (χ0) is 13.7. The number of amides is 2. The number of hydrogen-bond acceptors (Lipinski definition) is 2. The number of hydrogen-bond donors (Lipinski definition) is 2. The Hall–Kier alpha value is -1.06.